The summed E-state index contributed by atoms with van der Waals surface area (Å²) in [6, 6.07) is 12.7. The van der Waals surface area contributed by atoms with E-state index in [9.17, 15) is 14.3 Å². The van der Waals surface area contributed by atoms with E-state index in [-0.39, 0.29) is 31.2 Å². The number of alkyl halides is 1. The molecule has 1 aliphatic heterocycles. The monoisotopic (exact) mass is 485 g/mol. The Morgan fingerprint density at radius 3 is 2.92 bits per heavy atom. The molecule has 8 heteroatoms. The van der Waals surface area contributed by atoms with Gasteiger partial charge in [0.05, 0.1) is 25.2 Å². The van der Waals surface area contributed by atoms with Crippen molar-refractivity contribution in [1.29, 1.82) is 0 Å². The summed E-state index contributed by atoms with van der Waals surface area (Å²) >= 11 is 0. The number of pyridine rings is 1. The van der Waals surface area contributed by atoms with Crippen molar-refractivity contribution < 1.29 is 14.3 Å². The number of nitrogens with zero attached hydrogens (tertiary/aromatic N) is 3. The third-order valence-electron chi connectivity index (χ3n) is 6.33. The fraction of sp³-hybridized carbons (Fsp3) is 0.321. The maximum absolute atomic E-state index is 14.2. The van der Waals surface area contributed by atoms with Crippen LogP contribution in [0.2, 0.25) is 0 Å². The second-order valence-corrected chi connectivity index (χ2v) is 9.92. The van der Waals surface area contributed by atoms with Crippen molar-refractivity contribution in [2.75, 3.05) is 6.61 Å². The molecule has 3 N–H and O–H groups in total. The first-order valence-corrected chi connectivity index (χ1v) is 11.9. The van der Waals surface area contributed by atoms with Crippen LogP contribution in [0.15, 0.2) is 48.8 Å². The smallest absolute Gasteiger partial charge is 0.270 e. The van der Waals surface area contributed by atoms with Crippen LogP contribution in [0, 0.1) is 24.2 Å². The number of hydrogen-bond acceptors (Lipinski definition) is 4. The average molecular weight is 486 g/mol. The molecule has 0 saturated carbocycles. The van der Waals surface area contributed by atoms with Crippen LogP contribution in [0.3, 0.4) is 0 Å². The quantitative estimate of drug-likeness (QED) is 0.374. The molecule has 4 aromatic rings. The lowest BCUT2D eigenvalue weighted by Gasteiger charge is -2.17. The largest absolute Gasteiger partial charge is 0.395 e. The number of H-pyrrole nitrogens is 1. The molecule has 1 amide bonds. The summed E-state index contributed by atoms with van der Waals surface area (Å²) in [6.45, 7) is 5.69. The van der Waals surface area contributed by atoms with Crippen molar-refractivity contribution in [1.82, 2.24) is 24.8 Å². The lowest BCUT2D eigenvalue weighted by Crippen LogP contribution is -2.31. The van der Waals surface area contributed by atoms with E-state index in [0.717, 1.165) is 22.3 Å². The van der Waals surface area contributed by atoms with Crippen molar-refractivity contribution >= 4 is 16.8 Å². The molecule has 1 aromatic carbocycles. The molecular formula is C28H28FN5O2. The fourth-order valence-electron chi connectivity index (χ4n) is 4.42. The number of nitrogens with one attached hydrogen (secondary N) is 2. The van der Waals surface area contributed by atoms with Crippen molar-refractivity contribution in [3.05, 3.63) is 82.8 Å². The number of carbonyl (C=O) groups excluding carboxylic acids is 1. The molecule has 1 aliphatic rings. The number of aliphatic hydroxyl groups excluding tert-OH is 1. The Morgan fingerprint density at radius 2 is 2.14 bits per heavy atom. The number of aliphatic hydroxyl groups is 1. The number of benzene rings is 1. The minimum absolute atomic E-state index is 0.0711. The van der Waals surface area contributed by atoms with Gasteiger partial charge in [-0.3, -0.25) is 4.79 Å². The van der Waals surface area contributed by atoms with E-state index in [1.165, 1.54) is 0 Å². The summed E-state index contributed by atoms with van der Waals surface area (Å²) in [5.74, 6) is 5.70. The summed E-state index contributed by atoms with van der Waals surface area (Å²) in [5.41, 5.74) is 4.04. The van der Waals surface area contributed by atoms with Gasteiger partial charge in [0, 0.05) is 40.0 Å². The van der Waals surface area contributed by atoms with Gasteiger partial charge in [0.2, 0.25) is 0 Å². The second kappa shape index (κ2) is 9.25. The van der Waals surface area contributed by atoms with Gasteiger partial charge < -0.3 is 20.0 Å². The van der Waals surface area contributed by atoms with E-state index >= 15 is 0 Å². The topological polar surface area (TPSA) is 95.8 Å². The Bertz CT molecular complexity index is 1470. The number of rotatable bonds is 5. The first-order chi connectivity index (χ1) is 17.2. The third-order valence-corrected chi connectivity index (χ3v) is 6.33. The number of carbonyl (C=O) groups is 1. The van der Waals surface area contributed by atoms with Crippen LogP contribution in [0.1, 0.15) is 58.7 Å². The molecule has 7 nitrogen and oxygen atoms in total. The van der Waals surface area contributed by atoms with Gasteiger partial charge in [-0.1, -0.05) is 30.0 Å². The maximum Gasteiger partial charge on any atom is 0.270 e. The number of imidazole rings is 1. The summed E-state index contributed by atoms with van der Waals surface area (Å²) in [5, 5.41) is 13.6. The summed E-state index contributed by atoms with van der Waals surface area (Å²) < 4.78 is 16.0. The fourth-order valence-corrected chi connectivity index (χ4v) is 4.42. The number of aromatic nitrogens is 4. The normalized spacial score (nSPS) is 15.9. The summed E-state index contributed by atoms with van der Waals surface area (Å²) in [6.07, 6.45) is 0.919. The second-order valence-electron chi connectivity index (χ2n) is 9.92. The number of aromatic amines is 1. The molecule has 0 aliphatic carbocycles. The molecule has 184 valence electrons. The Hall–Kier alpha value is -3.96. The Balaban J connectivity index is 1.51. The highest BCUT2D eigenvalue weighted by Gasteiger charge is 2.31. The standard InChI is InChI=1S/C28H28FN5O2/c1-17-10-18(8-9-28(2,3)15-35)11-23(31-17)27(36)33-25(22-12-19-6-4-5-7-21(19)32-22)26-24-13-20(29)14-34(24)16-30-26/h4-7,10-12,16,20,25,32,35H,13-15H2,1-3H3,(H,33,36)/t20-,25?/m1/s1. The van der Waals surface area contributed by atoms with Gasteiger partial charge >= 0.3 is 0 Å². The van der Waals surface area contributed by atoms with Gasteiger partial charge in [0.15, 0.2) is 0 Å². The Labute approximate surface area is 208 Å². The van der Waals surface area contributed by atoms with Crippen LogP contribution >= 0.6 is 0 Å². The predicted octanol–water partition coefficient (Wildman–Crippen LogP) is 3.85. The Morgan fingerprint density at radius 1 is 1.33 bits per heavy atom. The minimum Gasteiger partial charge on any atom is -0.395 e. The van der Waals surface area contributed by atoms with E-state index in [1.54, 1.807) is 25.4 Å². The lowest BCUT2D eigenvalue weighted by atomic mass is 9.95. The van der Waals surface area contributed by atoms with Crippen LogP contribution in [-0.2, 0) is 13.0 Å². The summed E-state index contributed by atoms with van der Waals surface area (Å²) in [4.78, 5) is 25.9. The van der Waals surface area contributed by atoms with Gasteiger partial charge in [-0.25, -0.2) is 14.4 Å². The van der Waals surface area contributed by atoms with Crippen molar-refractivity contribution in [3.8, 4) is 11.8 Å². The number of hydrogen-bond donors (Lipinski definition) is 3. The van der Waals surface area contributed by atoms with Gasteiger partial charge in [0.25, 0.3) is 5.91 Å². The molecule has 4 heterocycles. The zero-order valence-corrected chi connectivity index (χ0v) is 20.5. The molecule has 1 unspecified atom stereocenters. The van der Waals surface area contributed by atoms with Crippen LogP contribution in [0.5, 0.6) is 0 Å². The first kappa shape index (κ1) is 23.8. The number of para-hydroxylation sites is 1. The summed E-state index contributed by atoms with van der Waals surface area (Å²) in [7, 11) is 0. The van der Waals surface area contributed by atoms with E-state index in [1.807, 2.05) is 48.7 Å². The molecular weight excluding hydrogens is 457 g/mol. The number of aryl methyl sites for hydroxylation is 1. The van der Waals surface area contributed by atoms with Crippen molar-refractivity contribution in [2.45, 2.75) is 46.0 Å². The maximum atomic E-state index is 14.2. The molecule has 0 fully saturated rings. The average Bonchev–Trinajstić information content (AvgIpc) is 3.54. The van der Waals surface area contributed by atoms with Crippen molar-refractivity contribution in [2.24, 2.45) is 5.41 Å². The van der Waals surface area contributed by atoms with E-state index in [2.05, 4.69) is 32.1 Å². The predicted molar refractivity (Wildman–Crippen MR) is 135 cm³/mol. The zero-order chi connectivity index (χ0) is 25.4. The number of fused-ring (bicyclic) bond motifs is 2. The van der Waals surface area contributed by atoms with Gasteiger partial charge in [-0.15, -0.1) is 0 Å². The van der Waals surface area contributed by atoms with E-state index < -0.39 is 17.6 Å². The highest BCUT2D eigenvalue weighted by Crippen LogP contribution is 2.30. The van der Waals surface area contributed by atoms with Gasteiger partial charge in [-0.05, 0) is 50.4 Å². The molecule has 0 saturated heterocycles. The highest BCUT2D eigenvalue weighted by atomic mass is 19.1. The van der Waals surface area contributed by atoms with Crippen LogP contribution in [-0.4, -0.2) is 43.3 Å². The minimum atomic E-state index is -0.969. The van der Waals surface area contributed by atoms with E-state index in [4.69, 9.17) is 0 Å². The first-order valence-electron chi connectivity index (χ1n) is 11.9. The molecule has 0 radical (unpaired) electrons. The van der Waals surface area contributed by atoms with Crippen molar-refractivity contribution in [3.63, 3.8) is 0 Å². The highest BCUT2D eigenvalue weighted by molar-refractivity contribution is 5.93. The number of halogens is 1. The lowest BCUT2D eigenvalue weighted by molar-refractivity contribution is 0.0936. The molecule has 0 bridgehead atoms. The molecule has 36 heavy (non-hydrogen) atoms. The number of amides is 1. The van der Waals surface area contributed by atoms with E-state index in [0.29, 0.717) is 17.0 Å². The third kappa shape index (κ3) is 4.75. The van der Waals surface area contributed by atoms with Crippen LogP contribution in [0.25, 0.3) is 10.9 Å². The molecule has 3 aromatic heterocycles. The van der Waals surface area contributed by atoms with Crippen LogP contribution in [0.4, 0.5) is 4.39 Å². The molecule has 2 atom stereocenters. The molecule has 5 rings (SSSR count). The van der Waals surface area contributed by atoms with Crippen LogP contribution < -0.4 is 5.32 Å². The van der Waals surface area contributed by atoms with Gasteiger partial charge in [0.1, 0.15) is 17.9 Å². The SMILES string of the molecule is Cc1cc(C#CC(C)(C)CO)cc(C(=O)NC(c2cc3ccccc3[nH]2)c2ncn3c2C[C@@H](F)C3)n1. The van der Waals surface area contributed by atoms with Gasteiger partial charge in [-0.2, -0.15) is 0 Å². The zero-order valence-electron chi connectivity index (χ0n) is 20.5. The molecule has 0 spiro atoms. The Kier molecular flexibility index (Phi) is 6.10.